The Kier molecular flexibility index (Phi) is 7.17. The van der Waals surface area contributed by atoms with E-state index in [-0.39, 0.29) is 18.6 Å². The summed E-state index contributed by atoms with van der Waals surface area (Å²) in [5.74, 6) is -0.693. The topological polar surface area (TPSA) is 77.0 Å². The molecule has 0 spiro atoms. The van der Waals surface area contributed by atoms with Crippen molar-refractivity contribution in [2.75, 3.05) is 13.7 Å². The number of methoxy groups -OCH3 is 1. The highest BCUT2D eigenvalue weighted by atomic mass is 35.5. The molecule has 0 saturated carbocycles. The zero-order valence-electron chi connectivity index (χ0n) is 14.4. The van der Waals surface area contributed by atoms with Crippen molar-refractivity contribution in [2.24, 2.45) is 5.16 Å². The van der Waals surface area contributed by atoms with Gasteiger partial charge in [0.25, 0.3) is 5.91 Å². The largest absolute Gasteiger partial charge is 0.465 e. The van der Waals surface area contributed by atoms with Crippen LogP contribution in [-0.4, -0.2) is 31.8 Å². The van der Waals surface area contributed by atoms with Crippen molar-refractivity contribution < 1.29 is 19.2 Å². The van der Waals surface area contributed by atoms with Crippen LogP contribution < -0.4 is 5.32 Å². The number of nitrogens with one attached hydrogen (secondary N) is 1. The number of halogens is 1. The summed E-state index contributed by atoms with van der Waals surface area (Å²) >= 11 is 5.84. The molecule has 0 saturated heterocycles. The SMILES string of the molecule is COC(=O)c1ccc(/C=N/OCC(=O)NC(C)c2ccc(Cl)cc2)cc1. The van der Waals surface area contributed by atoms with Crippen LogP contribution in [-0.2, 0) is 14.4 Å². The molecular formula is C19H19ClN2O4. The van der Waals surface area contributed by atoms with Gasteiger partial charge in [-0.15, -0.1) is 0 Å². The first-order chi connectivity index (χ1) is 12.5. The van der Waals surface area contributed by atoms with Crippen molar-refractivity contribution in [3.63, 3.8) is 0 Å². The molecule has 0 aromatic heterocycles. The lowest BCUT2D eigenvalue weighted by Gasteiger charge is -2.13. The van der Waals surface area contributed by atoms with Crippen molar-refractivity contribution in [1.82, 2.24) is 5.32 Å². The Hall–Kier alpha value is -2.86. The molecule has 2 aromatic rings. The van der Waals surface area contributed by atoms with Gasteiger partial charge in [0, 0.05) is 5.02 Å². The minimum absolute atomic E-state index is 0.168. The Morgan fingerprint density at radius 3 is 2.42 bits per heavy atom. The second-order valence-electron chi connectivity index (χ2n) is 5.46. The lowest BCUT2D eigenvalue weighted by molar-refractivity contribution is -0.126. The summed E-state index contributed by atoms with van der Waals surface area (Å²) < 4.78 is 4.62. The molecule has 2 rings (SSSR count). The maximum absolute atomic E-state index is 11.9. The number of nitrogens with zero attached hydrogens (tertiary/aromatic N) is 1. The third-order valence-corrected chi connectivity index (χ3v) is 3.80. The Balaban J connectivity index is 1.77. The van der Waals surface area contributed by atoms with E-state index in [9.17, 15) is 9.59 Å². The summed E-state index contributed by atoms with van der Waals surface area (Å²) in [5.41, 5.74) is 2.12. The van der Waals surface area contributed by atoms with Crippen LogP contribution in [0.15, 0.2) is 53.7 Å². The number of oxime groups is 1. The van der Waals surface area contributed by atoms with Crippen LogP contribution >= 0.6 is 11.6 Å². The highest BCUT2D eigenvalue weighted by Gasteiger charge is 2.09. The van der Waals surface area contributed by atoms with E-state index < -0.39 is 5.97 Å². The van der Waals surface area contributed by atoms with Crippen molar-refractivity contribution in [3.8, 4) is 0 Å². The zero-order chi connectivity index (χ0) is 18.9. The first-order valence-electron chi connectivity index (χ1n) is 7.88. The number of hydrogen-bond donors (Lipinski definition) is 1. The minimum Gasteiger partial charge on any atom is -0.465 e. The van der Waals surface area contributed by atoms with Crippen molar-refractivity contribution in [3.05, 3.63) is 70.2 Å². The Morgan fingerprint density at radius 1 is 1.15 bits per heavy atom. The number of amides is 1. The predicted molar refractivity (Wildman–Crippen MR) is 99.3 cm³/mol. The summed E-state index contributed by atoms with van der Waals surface area (Å²) in [5, 5.41) is 7.20. The number of carbonyl (C=O) groups is 2. The van der Waals surface area contributed by atoms with Gasteiger partial charge in [-0.3, -0.25) is 4.79 Å². The third kappa shape index (κ3) is 5.89. The van der Waals surface area contributed by atoms with E-state index in [2.05, 4.69) is 15.2 Å². The average Bonchev–Trinajstić information content (AvgIpc) is 2.65. The van der Waals surface area contributed by atoms with E-state index >= 15 is 0 Å². The molecule has 1 N–H and O–H groups in total. The summed E-state index contributed by atoms with van der Waals surface area (Å²) in [6.45, 7) is 1.67. The molecule has 7 heteroatoms. The van der Waals surface area contributed by atoms with Gasteiger partial charge in [-0.1, -0.05) is 41.0 Å². The maximum atomic E-state index is 11.9. The smallest absolute Gasteiger partial charge is 0.337 e. The molecule has 0 aliphatic rings. The van der Waals surface area contributed by atoms with Crippen LogP contribution in [0.2, 0.25) is 5.02 Å². The fraction of sp³-hybridized carbons (Fsp3) is 0.211. The molecule has 1 atom stereocenters. The van der Waals surface area contributed by atoms with Crippen LogP contribution in [0.3, 0.4) is 0 Å². The summed E-state index contributed by atoms with van der Waals surface area (Å²) in [7, 11) is 1.32. The molecule has 0 heterocycles. The quantitative estimate of drug-likeness (QED) is 0.458. The summed E-state index contributed by atoms with van der Waals surface area (Å²) in [4.78, 5) is 28.2. The van der Waals surface area contributed by atoms with Gasteiger partial charge in [0.05, 0.1) is 24.9 Å². The highest BCUT2D eigenvalue weighted by molar-refractivity contribution is 6.30. The van der Waals surface area contributed by atoms with Gasteiger partial charge >= 0.3 is 5.97 Å². The van der Waals surface area contributed by atoms with E-state index in [1.807, 2.05) is 19.1 Å². The fourth-order valence-corrected chi connectivity index (χ4v) is 2.26. The van der Waals surface area contributed by atoms with E-state index in [0.717, 1.165) is 11.1 Å². The van der Waals surface area contributed by atoms with E-state index in [1.54, 1.807) is 36.4 Å². The Bertz CT molecular complexity index is 773. The lowest BCUT2D eigenvalue weighted by Crippen LogP contribution is -2.29. The number of benzene rings is 2. The van der Waals surface area contributed by atoms with Crippen LogP contribution in [0.1, 0.15) is 34.5 Å². The van der Waals surface area contributed by atoms with Gasteiger partial charge in [0.1, 0.15) is 0 Å². The molecule has 1 amide bonds. The fourth-order valence-electron chi connectivity index (χ4n) is 2.14. The standard InChI is InChI=1S/C19H19ClN2O4/c1-13(15-7-9-17(20)10-8-15)22-18(23)12-26-21-11-14-3-5-16(6-4-14)19(24)25-2/h3-11,13H,12H2,1-2H3,(H,22,23)/b21-11+. The summed E-state index contributed by atoms with van der Waals surface area (Å²) in [6, 6.07) is 13.7. The Morgan fingerprint density at radius 2 is 1.81 bits per heavy atom. The molecule has 0 radical (unpaired) electrons. The maximum Gasteiger partial charge on any atom is 0.337 e. The van der Waals surface area contributed by atoms with Crippen molar-refractivity contribution >= 4 is 29.7 Å². The third-order valence-electron chi connectivity index (χ3n) is 3.55. The minimum atomic E-state index is -0.406. The first-order valence-corrected chi connectivity index (χ1v) is 8.26. The molecule has 1 unspecified atom stereocenters. The molecule has 2 aromatic carbocycles. The second kappa shape index (κ2) is 9.58. The van der Waals surface area contributed by atoms with Gasteiger partial charge in [-0.25, -0.2) is 4.79 Å². The van der Waals surface area contributed by atoms with E-state index in [1.165, 1.54) is 13.3 Å². The lowest BCUT2D eigenvalue weighted by atomic mass is 10.1. The van der Waals surface area contributed by atoms with Crippen molar-refractivity contribution in [2.45, 2.75) is 13.0 Å². The van der Waals surface area contributed by atoms with Gasteiger partial charge in [0.15, 0.2) is 6.61 Å². The van der Waals surface area contributed by atoms with Gasteiger partial charge in [0.2, 0.25) is 0 Å². The second-order valence-corrected chi connectivity index (χ2v) is 5.90. The van der Waals surface area contributed by atoms with Crippen molar-refractivity contribution in [1.29, 1.82) is 0 Å². The van der Waals surface area contributed by atoms with Gasteiger partial charge < -0.3 is 14.9 Å². The molecule has 6 nitrogen and oxygen atoms in total. The molecule has 136 valence electrons. The number of carbonyl (C=O) groups excluding carboxylic acids is 2. The van der Waals surface area contributed by atoms with Gasteiger partial charge in [-0.05, 0) is 42.3 Å². The average molecular weight is 375 g/mol. The molecule has 26 heavy (non-hydrogen) atoms. The van der Waals surface area contributed by atoms with Gasteiger partial charge in [-0.2, -0.15) is 0 Å². The molecule has 0 fully saturated rings. The predicted octanol–water partition coefficient (Wildman–Crippen LogP) is 3.35. The van der Waals surface area contributed by atoms with E-state index in [4.69, 9.17) is 16.4 Å². The Labute approximate surface area is 156 Å². The molecule has 0 bridgehead atoms. The highest BCUT2D eigenvalue weighted by Crippen LogP contribution is 2.15. The molecule has 0 aliphatic heterocycles. The zero-order valence-corrected chi connectivity index (χ0v) is 15.2. The van der Waals surface area contributed by atoms with E-state index in [0.29, 0.717) is 10.6 Å². The van der Waals surface area contributed by atoms with Crippen LogP contribution in [0, 0.1) is 0 Å². The van der Waals surface area contributed by atoms with Crippen LogP contribution in [0.5, 0.6) is 0 Å². The normalized spacial score (nSPS) is 11.8. The van der Waals surface area contributed by atoms with Crippen LogP contribution in [0.25, 0.3) is 0 Å². The first kappa shape index (κ1) is 19.5. The molecule has 0 aliphatic carbocycles. The summed E-state index contributed by atoms with van der Waals surface area (Å²) in [6.07, 6.45) is 1.46. The van der Waals surface area contributed by atoms with Crippen LogP contribution in [0.4, 0.5) is 0 Å². The number of rotatable bonds is 7. The molecular weight excluding hydrogens is 356 g/mol. The number of hydrogen-bond acceptors (Lipinski definition) is 5. The monoisotopic (exact) mass is 374 g/mol. The number of esters is 1. The number of ether oxygens (including phenoxy) is 1.